The van der Waals surface area contributed by atoms with Crippen molar-refractivity contribution in [2.45, 2.75) is 26.2 Å². The van der Waals surface area contributed by atoms with Gasteiger partial charge < -0.3 is 10.0 Å². The number of anilines is 1. The molecule has 6 nitrogen and oxygen atoms in total. The van der Waals surface area contributed by atoms with Crippen LogP contribution >= 0.6 is 0 Å². The molecule has 1 aromatic carbocycles. The van der Waals surface area contributed by atoms with Crippen LogP contribution in [0.25, 0.3) is 0 Å². The van der Waals surface area contributed by atoms with Gasteiger partial charge in [0.15, 0.2) is 11.5 Å². The van der Waals surface area contributed by atoms with E-state index in [9.17, 15) is 19.3 Å². The molecule has 21 heavy (non-hydrogen) atoms. The highest BCUT2D eigenvalue weighted by Gasteiger charge is 2.30. The molecule has 7 heteroatoms. The molecule has 1 heterocycles. The van der Waals surface area contributed by atoms with Crippen LogP contribution in [0.2, 0.25) is 0 Å². The Morgan fingerprint density at radius 3 is 2.57 bits per heavy atom. The van der Waals surface area contributed by atoms with Gasteiger partial charge in [-0.05, 0) is 30.9 Å². The molecule has 1 aliphatic heterocycles. The maximum absolute atomic E-state index is 14.2. The van der Waals surface area contributed by atoms with Gasteiger partial charge in [0.2, 0.25) is 0 Å². The summed E-state index contributed by atoms with van der Waals surface area (Å²) < 4.78 is 14.2. The number of carboxylic acid groups (broad SMARTS) is 1. The summed E-state index contributed by atoms with van der Waals surface area (Å²) in [6, 6.07) is 2.70. The second-order valence-corrected chi connectivity index (χ2v) is 5.16. The number of halogens is 1. The van der Waals surface area contributed by atoms with Crippen molar-refractivity contribution >= 4 is 17.3 Å². The Balaban J connectivity index is 2.31. The first-order valence-electron chi connectivity index (χ1n) is 6.88. The Hall–Kier alpha value is -2.18. The van der Waals surface area contributed by atoms with Crippen LogP contribution in [0.5, 0.6) is 0 Å². The summed E-state index contributed by atoms with van der Waals surface area (Å²) in [7, 11) is 0. The van der Waals surface area contributed by atoms with E-state index in [4.69, 9.17) is 5.11 Å². The van der Waals surface area contributed by atoms with Crippen LogP contribution in [0.15, 0.2) is 12.1 Å². The SMILES string of the molecule is CCc1cc(F)c(N2CCC(C(=O)O)CC2)c([N+](=O)[O-])c1. The molecule has 1 aliphatic rings. The smallest absolute Gasteiger partial charge is 0.306 e. The summed E-state index contributed by atoms with van der Waals surface area (Å²) in [5.41, 5.74) is 0.296. The molecule has 0 atom stereocenters. The molecular formula is C14H17FN2O4. The predicted octanol–water partition coefficient (Wildman–Crippen LogP) is 2.60. The number of aryl methyl sites for hydroxylation is 1. The van der Waals surface area contributed by atoms with Crippen molar-refractivity contribution in [3.8, 4) is 0 Å². The van der Waals surface area contributed by atoms with Crippen LogP contribution < -0.4 is 4.90 Å². The zero-order chi connectivity index (χ0) is 15.6. The van der Waals surface area contributed by atoms with E-state index in [0.29, 0.717) is 37.9 Å². The third-order valence-electron chi connectivity index (χ3n) is 3.87. The van der Waals surface area contributed by atoms with Crippen LogP contribution in [-0.2, 0) is 11.2 Å². The van der Waals surface area contributed by atoms with E-state index in [0.717, 1.165) is 0 Å². The molecule has 1 saturated heterocycles. The molecule has 2 rings (SSSR count). The Bertz CT molecular complexity index is 568. The Labute approximate surface area is 121 Å². The minimum atomic E-state index is -0.869. The lowest BCUT2D eigenvalue weighted by Crippen LogP contribution is -2.37. The van der Waals surface area contributed by atoms with Gasteiger partial charge in [-0.15, -0.1) is 0 Å². The average molecular weight is 296 g/mol. The van der Waals surface area contributed by atoms with Gasteiger partial charge in [0.25, 0.3) is 5.69 Å². The van der Waals surface area contributed by atoms with Crippen LogP contribution in [0.1, 0.15) is 25.3 Å². The van der Waals surface area contributed by atoms with E-state index in [2.05, 4.69) is 0 Å². The fourth-order valence-corrected chi connectivity index (χ4v) is 2.65. The number of carbonyl (C=O) groups is 1. The van der Waals surface area contributed by atoms with E-state index >= 15 is 0 Å². The number of nitrogens with zero attached hydrogens (tertiary/aromatic N) is 2. The van der Waals surface area contributed by atoms with Gasteiger partial charge in [-0.3, -0.25) is 14.9 Å². The van der Waals surface area contributed by atoms with Crippen LogP contribution in [0, 0.1) is 21.8 Å². The summed E-state index contributed by atoms with van der Waals surface area (Å²) >= 11 is 0. The highest BCUT2D eigenvalue weighted by molar-refractivity contribution is 5.71. The molecule has 0 bridgehead atoms. The monoisotopic (exact) mass is 296 g/mol. The first kappa shape index (κ1) is 15.2. The van der Waals surface area contributed by atoms with E-state index in [1.165, 1.54) is 12.1 Å². The van der Waals surface area contributed by atoms with Gasteiger partial charge in [-0.25, -0.2) is 4.39 Å². The highest BCUT2D eigenvalue weighted by Crippen LogP contribution is 2.35. The number of aliphatic carboxylic acids is 1. The minimum Gasteiger partial charge on any atom is -0.481 e. The second kappa shape index (κ2) is 6.07. The number of hydrogen-bond donors (Lipinski definition) is 1. The zero-order valence-electron chi connectivity index (χ0n) is 11.7. The fraction of sp³-hybridized carbons (Fsp3) is 0.500. The van der Waals surface area contributed by atoms with Gasteiger partial charge in [-0.2, -0.15) is 0 Å². The van der Waals surface area contributed by atoms with E-state index < -0.39 is 22.6 Å². The Kier molecular flexibility index (Phi) is 4.40. The lowest BCUT2D eigenvalue weighted by molar-refractivity contribution is -0.384. The molecule has 1 fully saturated rings. The number of hydrogen-bond acceptors (Lipinski definition) is 4. The van der Waals surface area contributed by atoms with Crippen molar-refractivity contribution in [1.82, 2.24) is 0 Å². The largest absolute Gasteiger partial charge is 0.481 e. The van der Waals surface area contributed by atoms with Gasteiger partial charge >= 0.3 is 5.97 Å². The standard InChI is InChI=1S/C14H17FN2O4/c1-2-9-7-11(15)13(12(8-9)17(20)21)16-5-3-10(4-6-16)14(18)19/h7-8,10H,2-6H2,1H3,(H,18,19). The molecule has 0 radical (unpaired) electrons. The quantitative estimate of drug-likeness (QED) is 0.682. The minimum absolute atomic E-state index is 0.0268. The topological polar surface area (TPSA) is 83.7 Å². The maximum Gasteiger partial charge on any atom is 0.306 e. The van der Waals surface area contributed by atoms with Crippen molar-refractivity contribution in [2.24, 2.45) is 5.92 Å². The number of carboxylic acids is 1. The van der Waals surface area contributed by atoms with Crippen LogP contribution in [-0.4, -0.2) is 29.1 Å². The molecular weight excluding hydrogens is 279 g/mol. The van der Waals surface area contributed by atoms with Gasteiger partial charge in [0, 0.05) is 19.2 Å². The van der Waals surface area contributed by atoms with Crippen molar-refractivity contribution in [3.63, 3.8) is 0 Å². The van der Waals surface area contributed by atoms with E-state index in [-0.39, 0.29) is 11.4 Å². The summed E-state index contributed by atoms with van der Waals surface area (Å²) in [6.45, 7) is 2.41. The van der Waals surface area contributed by atoms with Gasteiger partial charge in [0.05, 0.1) is 10.8 Å². The molecule has 0 saturated carbocycles. The zero-order valence-corrected chi connectivity index (χ0v) is 11.7. The molecule has 0 unspecified atom stereocenters. The molecule has 1 aromatic rings. The molecule has 114 valence electrons. The molecule has 0 aliphatic carbocycles. The van der Waals surface area contributed by atoms with Crippen molar-refractivity contribution in [3.05, 3.63) is 33.6 Å². The summed E-state index contributed by atoms with van der Waals surface area (Å²) in [5, 5.41) is 20.1. The Morgan fingerprint density at radius 1 is 1.48 bits per heavy atom. The van der Waals surface area contributed by atoms with E-state index in [1.807, 2.05) is 0 Å². The molecule has 0 spiro atoms. The van der Waals surface area contributed by atoms with E-state index in [1.54, 1.807) is 11.8 Å². The predicted molar refractivity (Wildman–Crippen MR) is 75.0 cm³/mol. The van der Waals surface area contributed by atoms with Crippen LogP contribution in [0.3, 0.4) is 0 Å². The molecule has 0 aromatic heterocycles. The fourth-order valence-electron chi connectivity index (χ4n) is 2.65. The Morgan fingerprint density at radius 2 is 2.10 bits per heavy atom. The lowest BCUT2D eigenvalue weighted by atomic mass is 9.96. The number of nitro groups is 1. The molecule has 1 N–H and O–H groups in total. The van der Waals surface area contributed by atoms with Crippen molar-refractivity contribution in [2.75, 3.05) is 18.0 Å². The van der Waals surface area contributed by atoms with Crippen LogP contribution in [0.4, 0.5) is 15.8 Å². The number of benzene rings is 1. The van der Waals surface area contributed by atoms with Gasteiger partial charge in [0.1, 0.15) is 0 Å². The van der Waals surface area contributed by atoms with Crippen molar-refractivity contribution < 1.29 is 19.2 Å². The van der Waals surface area contributed by atoms with Gasteiger partial charge in [-0.1, -0.05) is 6.92 Å². The number of rotatable bonds is 4. The maximum atomic E-state index is 14.2. The summed E-state index contributed by atoms with van der Waals surface area (Å²) in [4.78, 5) is 23.1. The first-order chi connectivity index (χ1) is 9.93. The lowest BCUT2D eigenvalue weighted by Gasteiger charge is -2.31. The summed E-state index contributed by atoms with van der Waals surface area (Å²) in [5.74, 6) is -1.95. The van der Waals surface area contributed by atoms with Crippen molar-refractivity contribution in [1.29, 1.82) is 0 Å². The second-order valence-electron chi connectivity index (χ2n) is 5.16. The normalized spacial score (nSPS) is 16.0. The first-order valence-corrected chi connectivity index (χ1v) is 6.88. The highest BCUT2D eigenvalue weighted by atomic mass is 19.1. The summed E-state index contributed by atoms with van der Waals surface area (Å²) in [6.07, 6.45) is 1.24. The third kappa shape index (κ3) is 3.12. The number of piperidine rings is 1. The third-order valence-corrected chi connectivity index (χ3v) is 3.87. The number of nitro benzene ring substituents is 1. The molecule has 0 amide bonds. The average Bonchev–Trinajstić information content (AvgIpc) is 2.46.